The highest BCUT2D eigenvalue weighted by Gasteiger charge is 2.54. The fraction of sp³-hybridized carbons (Fsp3) is 0.273. The van der Waals surface area contributed by atoms with Crippen LogP contribution < -0.4 is 4.90 Å². The summed E-state index contributed by atoms with van der Waals surface area (Å²) in [5, 5.41) is 6.37. The highest BCUT2D eigenvalue weighted by atomic mass is 16.6. The molecule has 2 atom stereocenters. The van der Waals surface area contributed by atoms with E-state index in [0.717, 1.165) is 50.9 Å². The molecule has 42 heavy (non-hydrogen) atoms. The van der Waals surface area contributed by atoms with E-state index in [0.29, 0.717) is 18.2 Å². The zero-order valence-corrected chi connectivity index (χ0v) is 23.9. The Labute approximate surface area is 243 Å². The van der Waals surface area contributed by atoms with Crippen molar-refractivity contribution in [1.82, 2.24) is 19.5 Å². The van der Waals surface area contributed by atoms with E-state index in [-0.39, 0.29) is 18.1 Å². The Kier molecular flexibility index (Phi) is 5.93. The van der Waals surface area contributed by atoms with Crippen molar-refractivity contribution < 1.29 is 19.1 Å². The number of ether oxygens (including phenoxy) is 2. The predicted molar refractivity (Wildman–Crippen MR) is 161 cm³/mol. The molecular weight excluding hydrogens is 530 g/mol. The molecule has 0 radical (unpaired) electrons. The van der Waals surface area contributed by atoms with E-state index in [1.165, 1.54) is 7.11 Å². The van der Waals surface area contributed by atoms with E-state index in [9.17, 15) is 9.59 Å². The number of fused-ring (bicyclic) bond motifs is 3. The Bertz CT molecular complexity index is 1860. The molecule has 212 valence electrons. The Balaban J connectivity index is 1.10. The average Bonchev–Trinajstić information content (AvgIpc) is 3.39. The number of likely N-dealkylation sites (tertiary alicyclic amines) is 1. The highest BCUT2D eigenvalue weighted by molar-refractivity contribution is 6.10. The molecule has 2 aromatic heterocycles. The van der Waals surface area contributed by atoms with E-state index in [4.69, 9.17) is 14.5 Å². The lowest BCUT2D eigenvalue weighted by Gasteiger charge is -2.62. The molecule has 0 N–H and O–H groups in total. The van der Waals surface area contributed by atoms with Gasteiger partial charge in [-0.1, -0.05) is 42.5 Å². The van der Waals surface area contributed by atoms with E-state index >= 15 is 0 Å². The van der Waals surface area contributed by atoms with Crippen LogP contribution in [0.25, 0.3) is 38.7 Å². The SMILES string of the molecule is COC(=O)c1ccc(-c2cnn3cc(-c4ccc(N5CC6[C@H]5CN6C(=O)OC(C)(C)C)cc4)cnc23)c2ccccc12. The molecule has 5 aromatic rings. The molecule has 9 heteroatoms. The number of hydrogen-bond donors (Lipinski definition) is 0. The molecule has 0 bridgehead atoms. The second kappa shape index (κ2) is 9.58. The van der Waals surface area contributed by atoms with Crippen LogP contribution in [0.5, 0.6) is 0 Å². The predicted octanol–water partition coefficient (Wildman–Crippen LogP) is 5.81. The summed E-state index contributed by atoms with van der Waals surface area (Å²) in [6.07, 6.45) is 5.43. The van der Waals surface area contributed by atoms with Gasteiger partial charge in [0.1, 0.15) is 5.60 Å². The Morgan fingerprint density at radius 2 is 1.62 bits per heavy atom. The van der Waals surface area contributed by atoms with Crippen molar-refractivity contribution in [3.05, 3.63) is 84.8 Å². The van der Waals surface area contributed by atoms with Gasteiger partial charge in [0.2, 0.25) is 0 Å². The Morgan fingerprint density at radius 1 is 0.857 bits per heavy atom. The number of nitrogens with zero attached hydrogens (tertiary/aromatic N) is 5. The summed E-state index contributed by atoms with van der Waals surface area (Å²) >= 11 is 0. The van der Waals surface area contributed by atoms with Crippen molar-refractivity contribution in [2.45, 2.75) is 38.5 Å². The number of esters is 1. The van der Waals surface area contributed by atoms with Crippen molar-refractivity contribution in [3.8, 4) is 22.3 Å². The van der Waals surface area contributed by atoms with Crippen LogP contribution in [0, 0.1) is 0 Å². The molecule has 2 saturated heterocycles. The molecule has 2 aliphatic rings. The van der Waals surface area contributed by atoms with Crippen LogP contribution in [0.4, 0.5) is 10.5 Å². The lowest BCUT2D eigenvalue weighted by molar-refractivity contribution is -0.0310. The molecule has 4 heterocycles. The van der Waals surface area contributed by atoms with Crippen LogP contribution in [-0.2, 0) is 9.47 Å². The van der Waals surface area contributed by atoms with Gasteiger partial charge in [0.15, 0.2) is 5.65 Å². The molecule has 9 nitrogen and oxygen atoms in total. The molecular formula is C33H31N5O4. The van der Waals surface area contributed by atoms with Gasteiger partial charge in [0.25, 0.3) is 0 Å². The maximum Gasteiger partial charge on any atom is 0.410 e. The number of hydrogen-bond acceptors (Lipinski definition) is 7. The van der Waals surface area contributed by atoms with Crippen LogP contribution in [0.3, 0.4) is 0 Å². The molecule has 7 rings (SSSR count). The van der Waals surface area contributed by atoms with Crippen molar-refractivity contribution >= 4 is 34.2 Å². The van der Waals surface area contributed by atoms with Crippen molar-refractivity contribution in [3.63, 3.8) is 0 Å². The minimum Gasteiger partial charge on any atom is -0.465 e. The van der Waals surface area contributed by atoms with Gasteiger partial charge in [-0.05, 0) is 60.9 Å². The number of benzene rings is 3. The van der Waals surface area contributed by atoms with E-state index in [1.807, 2.05) is 74.6 Å². The fourth-order valence-corrected chi connectivity index (χ4v) is 5.96. The third-order valence-corrected chi connectivity index (χ3v) is 8.15. The summed E-state index contributed by atoms with van der Waals surface area (Å²) in [4.78, 5) is 33.7. The Morgan fingerprint density at radius 3 is 2.31 bits per heavy atom. The highest BCUT2D eigenvalue weighted by Crippen LogP contribution is 2.39. The van der Waals surface area contributed by atoms with Crippen molar-refractivity contribution in [2.24, 2.45) is 0 Å². The van der Waals surface area contributed by atoms with Gasteiger partial charge in [-0.25, -0.2) is 19.1 Å². The van der Waals surface area contributed by atoms with Crippen LogP contribution in [0.1, 0.15) is 31.1 Å². The second-order valence-corrected chi connectivity index (χ2v) is 11.8. The number of amides is 1. The average molecular weight is 562 g/mol. The molecule has 1 unspecified atom stereocenters. The quantitative estimate of drug-likeness (QED) is 0.256. The van der Waals surface area contributed by atoms with Gasteiger partial charge in [0.05, 0.1) is 31.0 Å². The smallest absolute Gasteiger partial charge is 0.410 e. The maximum absolute atomic E-state index is 12.4. The van der Waals surface area contributed by atoms with Gasteiger partial charge in [0, 0.05) is 42.3 Å². The summed E-state index contributed by atoms with van der Waals surface area (Å²) in [6.45, 7) is 7.17. The standard InChI is InChI=1S/C33H31N5O4/c1-33(2,3)42-32(40)37-19-28-29(37)18-36(28)22-11-9-20(10-12-22)21-15-34-30-27(16-35-38(30)17-21)25-13-14-26(31(39)41-4)24-8-6-5-7-23(24)25/h5-17,28-29H,18-19H2,1-4H3/t28-,29?/m1/s1. The summed E-state index contributed by atoms with van der Waals surface area (Å²) < 4.78 is 12.3. The lowest BCUT2D eigenvalue weighted by atomic mass is 9.85. The van der Waals surface area contributed by atoms with Gasteiger partial charge in [-0.3, -0.25) is 4.90 Å². The molecule has 0 aliphatic carbocycles. The van der Waals surface area contributed by atoms with E-state index < -0.39 is 5.60 Å². The van der Waals surface area contributed by atoms with Gasteiger partial charge >= 0.3 is 12.1 Å². The number of carbonyl (C=O) groups excluding carboxylic acids is 2. The minimum absolute atomic E-state index is 0.217. The van der Waals surface area contributed by atoms with Crippen LogP contribution >= 0.6 is 0 Å². The number of methoxy groups -OCH3 is 1. The number of piperazine rings is 1. The third-order valence-electron chi connectivity index (χ3n) is 8.15. The van der Waals surface area contributed by atoms with E-state index in [1.54, 1.807) is 10.6 Å². The molecule has 2 fully saturated rings. The van der Waals surface area contributed by atoms with Crippen molar-refractivity contribution in [2.75, 3.05) is 25.1 Å². The number of anilines is 1. The summed E-state index contributed by atoms with van der Waals surface area (Å²) in [6, 6.07) is 20.5. The fourth-order valence-electron chi connectivity index (χ4n) is 5.96. The molecule has 3 aromatic carbocycles. The van der Waals surface area contributed by atoms with Crippen LogP contribution in [0.15, 0.2) is 79.3 Å². The van der Waals surface area contributed by atoms with Crippen LogP contribution in [-0.4, -0.2) is 69.4 Å². The molecule has 0 spiro atoms. The molecule has 1 amide bonds. The first-order valence-corrected chi connectivity index (χ1v) is 14.0. The number of carbonyl (C=O) groups is 2. The largest absolute Gasteiger partial charge is 0.465 e. The first-order valence-electron chi connectivity index (χ1n) is 14.0. The van der Waals surface area contributed by atoms with Crippen LogP contribution in [0.2, 0.25) is 0 Å². The number of aromatic nitrogens is 3. The second-order valence-electron chi connectivity index (χ2n) is 11.8. The number of rotatable bonds is 4. The zero-order chi connectivity index (χ0) is 29.2. The first-order chi connectivity index (χ1) is 20.2. The third kappa shape index (κ3) is 4.24. The maximum atomic E-state index is 12.4. The normalized spacial score (nSPS) is 17.9. The Hall–Kier alpha value is -4.92. The van der Waals surface area contributed by atoms with Crippen molar-refractivity contribution in [1.29, 1.82) is 0 Å². The summed E-state index contributed by atoms with van der Waals surface area (Å²) in [5.74, 6) is -0.365. The molecule has 0 saturated carbocycles. The topological polar surface area (TPSA) is 89.3 Å². The van der Waals surface area contributed by atoms with Gasteiger partial charge in [-0.15, -0.1) is 0 Å². The summed E-state index contributed by atoms with van der Waals surface area (Å²) in [5.41, 5.74) is 5.75. The van der Waals surface area contributed by atoms with Gasteiger partial charge < -0.3 is 14.4 Å². The zero-order valence-electron chi connectivity index (χ0n) is 23.9. The molecule has 2 aliphatic heterocycles. The monoisotopic (exact) mass is 561 g/mol. The van der Waals surface area contributed by atoms with Gasteiger partial charge in [-0.2, -0.15) is 5.10 Å². The minimum atomic E-state index is -0.483. The first kappa shape index (κ1) is 26.0. The lowest BCUT2D eigenvalue weighted by Crippen LogP contribution is -2.80. The van der Waals surface area contributed by atoms with E-state index in [2.05, 4.69) is 34.3 Å². The summed E-state index contributed by atoms with van der Waals surface area (Å²) in [7, 11) is 1.39.